The number of piperidine rings is 1. The van der Waals surface area contributed by atoms with E-state index in [1.54, 1.807) is 0 Å². The second-order valence-corrected chi connectivity index (χ2v) is 5.77. The first-order valence-corrected chi connectivity index (χ1v) is 5.22. The highest BCUT2D eigenvalue weighted by Crippen LogP contribution is 2.34. The van der Waals surface area contributed by atoms with E-state index >= 15 is 0 Å². The van der Waals surface area contributed by atoms with E-state index in [0.29, 0.717) is 0 Å². The van der Waals surface area contributed by atoms with Crippen LogP contribution >= 0.6 is 0 Å². The third-order valence-electron chi connectivity index (χ3n) is 2.78. The van der Waals surface area contributed by atoms with Crippen molar-refractivity contribution >= 4 is 0 Å². The van der Waals surface area contributed by atoms with Crippen molar-refractivity contribution in [2.24, 2.45) is 5.41 Å². The zero-order chi connectivity index (χ0) is 10.1. The Hall–Kier alpha value is -0.0800. The van der Waals surface area contributed by atoms with E-state index < -0.39 is 5.60 Å². The van der Waals surface area contributed by atoms with E-state index in [9.17, 15) is 5.11 Å². The van der Waals surface area contributed by atoms with Gasteiger partial charge in [0.25, 0.3) is 0 Å². The predicted octanol–water partition coefficient (Wildman–Crippen LogP) is 1.88. The highest BCUT2D eigenvalue weighted by Gasteiger charge is 2.34. The van der Waals surface area contributed by atoms with Crippen LogP contribution in [0.3, 0.4) is 0 Å². The van der Waals surface area contributed by atoms with Gasteiger partial charge in [0.1, 0.15) is 0 Å². The molecular formula is C11H23NO. The van der Waals surface area contributed by atoms with E-state index in [2.05, 4.69) is 32.7 Å². The highest BCUT2D eigenvalue weighted by atomic mass is 16.3. The molecule has 0 aromatic heterocycles. The van der Waals surface area contributed by atoms with Crippen LogP contribution in [0.1, 0.15) is 40.0 Å². The Morgan fingerprint density at radius 2 is 1.69 bits per heavy atom. The summed E-state index contributed by atoms with van der Waals surface area (Å²) in [5.41, 5.74) is -0.157. The van der Waals surface area contributed by atoms with Crippen molar-refractivity contribution in [3.8, 4) is 0 Å². The number of aliphatic hydroxyl groups is 1. The molecule has 0 amide bonds. The van der Waals surface area contributed by atoms with Gasteiger partial charge in [-0.2, -0.15) is 0 Å². The Bertz CT molecular complexity index is 163. The lowest BCUT2D eigenvalue weighted by Crippen LogP contribution is -2.44. The number of rotatable bonds is 1. The van der Waals surface area contributed by atoms with Gasteiger partial charge in [0.05, 0.1) is 5.60 Å². The summed E-state index contributed by atoms with van der Waals surface area (Å²) in [5.74, 6) is 0. The Morgan fingerprint density at radius 3 is 2.08 bits per heavy atom. The fourth-order valence-electron chi connectivity index (χ4n) is 2.20. The van der Waals surface area contributed by atoms with Gasteiger partial charge in [-0.3, -0.25) is 0 Å². The van der Waals surface area contributed by atoms with Crippen LogP contribution in [0.4, 0.5) is 0 Å². The first kappa shape index (κ1) is 11.0. The topological polar surface area (TPSA) is 23.5 Å². The van der Waals surface area contributed by atoms with Gasteiger partial charge in [0.2, 0.25) is 0 Å². The van der Waals surface area contributed by atoms with Crippen LogP contribution in [0.15, 0.2) is 0 Å². The van der Waals surface area contributed by atoms with Crippen molar-refractivity contribution in [2.75, 3.05) is 20.1 Å². The highest BCUT2D eigenvalue weighted by molar-refractivity contribution is 4.88. The van der Waals surface area contributed by atoms with Gasteiger partial charge in [-0.1, -0.05) is 20.8 Å². The summed E-state index contributed by atoms with van der Waals surface area (Å²) in [4.78, 5) is 2.29. The van der Waals surface area contributed by atoms with Crippen LogP contribution in [-0.4, -0.2) is 35.7 Å². The number of likely N-dealkylation sites (tertiary alicyclic amines) is 1. The molecule has 1 saturated heterocycles. The number of nitrogens with zero attached hydrogens (tertiary/aromatic N) is 1. The molecule has 0 atom stereocenters. The lowest BCUT2D eigenvalue weighted by atomic mass is 9.77. The summed E-state index contributed by atoms with van der Waals surface area (Å²) in [6.07, 6.45) is 2.79. The molecule has 0 aromatic rings. The average molecular weight is 185 g/mol. The Balaban J connectivity index is 2.48. The molecule has 13 heavy (non-hydrogen) atoms. The predicted molar refractivity (Wildman–Crippen MR) is 55.8 cm³/mol. The van der Waals surface area contributed by atoms with E-state index in [1.807, 2.05) is 0 Å². The summed E-state index contributed by atoms with van der Waals surface area (Å²) < 4.78 is 0. The maximum Gasteiger partial charge on any atom is 0.0677 e. The zero-order valence-electron chi connectivity index (χ0n) is 9.43. The second kappa shape index (κ2) is 3.58. The summed E-state index contributed by atoms with van der Waals surface area (Å²) in [7, 11) is 2.12. The summed E-state index contributed by atoms with van der Waals surface area (Å²) in [5, 5.41) is 10.3. The molecule has 1 heterocycles. The van der Waals surface area contributed by atoms with Gasteiger partial charge in [0.15, 0.2) is 0 Å². The fraction of sp³-hybridized carbons (Fsp3) is 1.00. The molecule has 1 N–H and O–H groups in total. The molecule has 1 aliphatic rings. The normalized spacial score (nSPS) is 24.7. The molecule has 78 valence electrons. The van der Waals surface area contributed by atoms with Gasteiger partial charge in [0, 0.05) is 13.1 Å². The van der Waals surface area contributed by atoms with Gasteiger partial charge < -0.3 is 10.0 Å². The minimum Gasteiger partial charge on any atom is -0.390 e. The minimum atomic E-state index is -0.398. The standard InChI is InChI=1S/C11H23NO/c1-10(2,3)9-11(13)5-7-12(4)8-6-11/h13H,5-9H2,1-4H3. The van der Waals surface area contributed by atoms with Gasteiger partial charge >= 0.3 is 0 Å². The van der Waals surface area contributed by atoms with Crippen molar-refractivity contribution in [2.45, 2.75) is 45.6 Å². The lowest BCUT2D eigenvalue weighted by molar-refractivity contribution is -0.0443. The molecule has 0 spiro atoms. The van der Waals surface area contributed by atoms with Gasteiger partial charge in [-0.05, 0) is 31.7 Å². The van der Waals surface area contributed by atoms with Crippen molar-refractivity contribution in [1.82, 2.24) is 4.90 Å². The molecule has 0 aliphatic carbocycles. The van der Waals surface area contributed by atoms with Crippen molar-refractivity contribution in [3.63, 3.8) is 0 Å². The van der Waals surface area contributed by atoms with Crippen LogP contribution in [0, 0.1) is 5.41 Å². The molecular weight excluding hydrogens is 162 g/mol. The van der Waals surface area contributed by atoms with Crippen molar-refractivity contribution in [1.29, 1.82) is 0 Å². The molecule has 0 saturated carbocycles. The summed E-state index contributed by atoms with van der Waals surface area (Å²) in [6.45, 7) is 8.66. The van der Waals surface area contributed by atoms with Crippen LogP contribution < -0.4 is 0 Å². The smallest absolute Gasteiger partial charge is 0.0677 e. The Kier molecular flexibility index (Phi) is 3.03. The summed E-state index contributed by atoms with van der Waals surface area (Å²) in [6, 6.07) is 0. The van der Waals surface area contributed by atoms with E-state index in [0.717, 1.165) is 32.4 Å². The van der Waals surface area contributed by atoms with Crippen LogP contribution in [0.2, 0.25) is 0 Å². The average Bonchev–Trinajstić information content (AvgIpc) is 1.92. The van der Waals surface area contributed by atoms with E-state index in [-0.39, 0.29) is 5.41 Å². The monoisotopic (exact) mass is 185 g/mol. The number of hydrogen-bond acceptors (Lipinski definition) is 2. The minimum absolute atomic E-state index is 0.241. The Labute approximate surface area is 81.9 Å². The van der Waals surface area contributed by atoms with Crippen LogP contribution in [0.25, 0.3) is 0 Å². The van der Waals surface area contributed by atoms with Gasteiger partial charge in [-0.15, -0.1) is 0 Å². The van der Waals surface area contributed by atoms with Crippen molar-refractivity contribution < 1.29 is 5.11 Å². The molecule has 2 heteroatoms. The maximum absolute atomic E-state index is 10.3. The van der Waals surface area contributed by atoms with Crippen molar-refractivity contribution in [3.05, 3.63) is 0 Å². The fourth-order valence-corrected chi connectivity index (χ4v) is 2.20. The molecule has 0 radical (unpaired) electrons. The van der Waals surface area contributed by atoms with E-state index in [1.165, 1.54) is 0 Å². The first-order chi connectivity index (χ1) is 5.81. The Morgan fingerprint density at radius 1 is 1.23 bits per heavy atom. The largest absolute Gasteiger partial charge is 0.390 e. The molecule has 0 bridgehead atoms. The van der Waals surface area contributed by atoms with Crippen LogP contribution in [-0.2, 0) is 0 Å². The first-order valence-electron chi connectivity index (χ1n) is 5.22. The molecule has 1 fully saturated rings. The third-order valence-corrected chi connectivity index (χ3v) is 2.78. The SMILES string of the molecule is CN1CCC(O)(CC(C)(C)C)CC1. The molecule has 0 unspecified atom stereocenters. The van der Waals surface area contributed by atoms with E-state index in [4.69, 9.17) is 0 Å². The lowest BCUT2D eigenvalue weighted by Gasteiger charge is -2.40. The number of hydrogen-bond donors (Lipinski definition) is 1. The van der Waals surface area contributed by atoms with Gasteiger partial charge in [-0.25, -0.2) is 0 Å². The quantitative estimate of drug-likeness (QED) is 0.674. The van der Waals surface area contributed by atoms with Crippen LogP contribution in [0.5, 0.6) is 0 Å². The molecule has 2 nitrogen and oxygen atoms in total. The molecule has 1 aliphatic heterocycles. The second-order valence-electron chi connectivity index (χ2n) is 5.77. The third kappa shape index (κ3) is 3.65. The molecule has 0 aromatic carbocycles. The maximum atomic E-state index is 10.3. The summed E-state index contributed by atoms with van der Waals surface area (Å²) >= 11 is 0. The zero-order valence-corrected chi connectivity index (χ0v) is 9.43. The molecule has 1 rings (SSSR count).